The molecule has 2 fully saturated rings. The molecule has 0 aliphatic carbocycles. The number of likely N-dealkylation sites (tertiary alicyclic amines) is 1. The molecule has 25 heavy (non-hydrogen) atoms. The van der Waals surface area contributed by atoms with Gasteiger partial charge in [0.15, 0.2) is 0 Å². The van der Waals surface area contributed by atoms with Crippen molar-refractivity contribution in [3.8, 4) is 0 Å². The van der Waals surface area contributed by atoms with E-state index in [1.54, 1.807) is 0 Å². The maximum atomic E-state index is 10.5. The highest BCUT2D eigenvalue weighted by Crippen LogP contribution is 2.29. The van der Waals surface area contributed by atoms with Gasteiger partial charge in [0.2, 0.25) is 0 Å². The van der Waals surface area contributed by atoms with Crippen LogP contribution >= 0.6 is 11.8 Å². The molecule has 1 atom stereocenters. The van der Waals surface area contributed by atoms with Crippen molar-refractivity contribution in [2.45, 2.75) is 43.9 Å². The predicted molar refractivity (Wildman–Crippen MR) is 101 cm³/mol. The van der Waals surface area contributed by atoms with Crippen LogP contribution in [0.5, 0.6) is 0 Å². The van der Waals surface area contributed by atoms with Crippen LogP contribution in [0.1, 0.15) is 49.1 Å². The molecule has 3 heterocycles. The second-order valence-electron chi connectivity index (χ2n) is 7.05. The topological polar surface area (TPSA) is 54.2 Å². The lowest BCUT2D eigenvalue weighted by molar-refractivity contribution is 0.123. The van der Waals surface area contributed by atoms with Gasteiger partial charge in [0, 0.05) is 19.1 Å². The van der Waals surface area contributed by atoms with Gasteiger partial charge in [-0.3, -0.25) is 0 Å². The van der Waals surface area contributed by atoms with Crippen LogP contribution in [-0.4, -0.2) is 55.6 Å². The molecule has 2 aromatic rings. The van der Waals surface area contributed by atoms with E-state index in [0.717, 1.165) is 37.5 Å². The molecule has 2 saturated heterocycles. The van der Waals surface area contributed by atoms with Gasteiger partial charge in [-0.05, 0) is 42.8 Å². The molecule has 1 aromatic carbocycles. The molecule has 0 bridgehead atoms. The van der Waals surface area contributed by atoms with E-state index in [4.69, 9.17) is 0 Å². The summed E-state index contributed by atoms with van der Waals surface area (Å²) in [6.07, 6.45) is 6.14. The maximum absolute atomic E-state index is 10.5. The highest BCUT2D eigenvalue weighted by molar-refractivity contribution is 7.99. The quantitative estimate of drug-likeness (QED) is 0.911. The van der Waals surface area contributed by atoms with E-state index in [0.29, 0.717) is 11.7 Å². The first-order valence-electron chi connectivity index (χ1n) is 9.28. The van der Waals surface area contributed by atoms with Crippen molar-refractivity contribution in [2.75, 3.05) is 24.6 Å². The first-order chi connectivity index (χ1) is 12.3. The Labute approximate surface area is 153 Å². The Hall–Kier alpha value is -1.37. The number of hydrogen-bond donors (Lipinski definition) is 1. The van der Waals surface area contributed by atoms with E-state index in [1.807, 2.05) is 41.2 Å². The third-order valence-electron chi connectivity index (χ3n) is 5.50. The lowest BCUT2D eigenvalue weighted by Gasteiger charge is -2.39. The van der Waals surface area contributed by atoms with Crippen molar-refractivity contribution in [3.05, 3.63) is 47.8 Å². The largest absolute Gasteiger partial charge is 0.382 e. The average molecular weight is 359 g/mol. The molecule has 1 aromatic heterocycles. The van der Waals surface area contributed by atoms with Gasteiger partial charge in [-0.2, -0.15) is 11.8 Å². The zero-order valence-electron chi connectivity index (χ0n) is 14.5. The zero-order chi connectivity index (χ0) is 17.1. The number of rotatable bonds is 4. The Morgan fingerprint density at radius 3 is 2.44 bits per heavy atom. The highest BCUT2D eigenvalue weighted by Gasteiger charge is 2.28. The predicted octanol–water partition coefficient (Wildman–Crippen LogP) is 2.89. The molecule has 2 aliphatic heterocycles. The van der Waals surface area contributed by atoms with Crippen LogP contribution < -0.4 is 0 Å². The lowest BCUT2D eigenvalue weighted by Crippen LogP contribution is -2.43. The molecular formula is C19H26N4OS. The van der Waals surface area contributed by atoms with Crippen LogP contribution in [0, 0.1) is 0 Å². The summed E-state index contributed by atoms with van der Waals surface area (Å²) in [6.45, 7) is 2.30. The fraction of sp³-hybridized carbons (Fsp3) is 0.579. The third kappa shape index (κ3) is 3.91. The first kappa shape index (κ1) is 17.1. The van der Waals surface area contributed by atoms with Crippen molar-refractivity contribution in [2.24, 2.45) is 0 Å². The fourth-order valence-corrected chi connectivity index (χ4v) is 5.05. The number of benzene rings is 1. The van der Waals surface area contributed by atoms with Crippen LogP contribution in [0.4, 0.5) is 0 Å². The van der Waals surface area contributed by atoms with Crippen molar-refractivity contribution in [1.29, 1.82) is 0 Å². The van der Waals surface area contributed by atoms with Crippen LogP contribution in [0.15, 0.2) is 36.5 Å². The van der Waals surface area contributed by atoms with Crippen LogP contribution in [0.25, 0.3) is 0 Å². The first-order valence-corrected chi connectivity index (χ1v) is 10.4. The van der Waals surface area contributed by atoms with Gasteiger partial charge in [0.25, 0.3) is 0 Å². The number of piperidine rings is 1. The molecule has 2 aliphatic rings. The fourth-order valence-electron chi connectivity index (χ4n) is 3.97. The number of nitrogens with zero attached hydrogens (tertiary/aromatic N) is 4. The van der Waals surface area contributed by atoms with E-state index in [1.165, 1.54) is 24.3 Å². The van der Waals surface area contributed by atoms with Crippen LogP contribution in [0.2, 0.25) is 0 Å². The third-order valence-corrected chi connectivity index (χ3v) is 6.55. The van der Waals surface area contributed by atoms with Crippen molar-refractivity contribution in [3.63, 3.8) is 0 Å². The Kier molecular flexibility index (Phi) is 5.39. The van der Waals surface area contributed by atoms with Crippen LogP contribution in [0.3, 0.4) is 0 Å². The molecule has 4 rings (SSSR count). The monoisotopic (exact) mass is 358 g/mol. The van der Waals surface area contributed by atoms with Gasteiger partial charge in [0.05, 0.1) is 12.2 Å². The van der Waals surface area contributed by atoms with E-state index < -0.39 is 6.10 Å². The van der Waals surface area contributed by atoms with Gasteiger partial charge < -0.3 is 10.0 Å². The van der Waals surface area contributed by atoms with E-state index >= 15 is 0 Å². The maximum Gasteiger partial charge on any atom is 0.124 e. The molecule has 1 unspecified atom stereocenters. The summed E-state index contributed by atoms with van der Waals surface area (Å²) in [5.41, 5.74) is 1.50. The Morgan fingerprint density at radius 1 is 1.00 bits per heavy atom. The minimum Gasteiger partial charge on any atom is -0.382 e. The number of aromatic nitrogens is 3. The molecule has 0 saturated carbocycles. The summed E-state index contributed by atoms with van der Waals surface area (Å²) in [5.74, 6) is 2.63. The smallest absolute Gasteiger partial charge is 0.124 e. The van der Waals surface area contributed by atoms with E-state index in [-0.39, 0.29) is 0 Å². The number of thioether (sulfide) groups is 1. The van der Waals surface area contributed by atoms with Gasteiger partial charge in [-0.15, -0.1) is 5.10 Å². The summed E-state index contributed by atoms with van der Waals surface area (Å²) in [4.78, 5) is 2.67. The summed E-state index contributed by atoms with van der Waals surface area (Å²) in [6, 6.07) is 10.8. The average Bonchev–Trinajstić information content (AvgIpc) is 3.19. The van der Waals surface area contributed by atoms with Gasteiger partial charge >= 0.3 is 0 Å². The number of aliphatic hydroxyl groups is 1. The summed E-state index contributed by atoms with van der Waals surface area (Å²) in [7, 11) is 0. The number of hydrogen-bond acceptors (Lipinski definition) is 5. The normalized spacial score (nSPS) is 22.1. The summed E-state index contributed by atoms with van der Waals surface area (Å²) in [5, 5.41) is 19.0. The molecule has 0 spiro atoms. The highest BCUT2D eigenvalue weighted by atomic mass is 32.2. The van der Waals surface area contributed by atoms with Crippen molar-refractivity contribution >= 4 is 11.8 Å². The minimum atomic E-state index is -0.699. The van der Waals surface area contributed by atoms with Crippen molar-refractivity contribution in [1.82, 2.24) is 19.9 Å². The molecular weight excluding hydrogens is 332 g/mol. The molecule has 0 radical (unpaired) electrons. The van der Waals surface area contributed by atoms with Gasteiger partial charge in [-0.25, -0.2) is 4.68 Å². The Morgan fingerprint density at radius 2 is 1.72 bits per heavy atom. The molecule has 1 N–H and O–H groups in total. The second kappa shape index (κ2) is 7.89. The van der Waals surface area contributed by atoms with Crippen LogP contribution in [-0.2, 0) is 0 Å². The molecule has 5 nitrogen and oxygen atoms in total. The lowest BCUT2D eigenvalue weighted by atomic mass is 10.0. The second-order valence-corrected chi connectivity index (χ2v) is 8.27. The summed E-state index contributed by atoms with van der Waals surface area (Å²) >= 11 is 2.09. The SMILES string of the molecule is OC(c1ccccc1)c1cn(C2CCN(C3CCSCC3)CC2)nn1. The Bertz CT molecular complexity index is 663. The van der Waals surface area contributed by atoms with E-state index in [9.17, 15) is 5.11 Å². The minimum absolute atomic E-state index is 0.401. The van der Waals surface area contributed by atoms with Gasteiger partial charge in [0.1, 0.15) is 11.8 Å². The standard InChI is InChI=1S/C19H26N4OS/c24-19(15-4-2-1-3-5-15)18-14-23(21-20-18)17-6-10-22(11-7-17)16-8-12-25-13-9-16/h1-5,14,16-17,19,24H,6-13H2. The molecule has 0 amide bonds. The zero-order valence-corrected chi connectivity index (χ0v) is 15.3. The Balaban J connectivity index is 1.36. The number of aliphatic hydroxyl groups excluding tert-OH is 1. The summed E-state index contributed by atoms with van der Waals surface area (Å²) < 4.78 is 1.97. The molecule has 6 heteroatoms. The van der Waals surface area contributed by atoms with E-state index in [2.05, 4.69) is 27.0 Å². The van der Waals surface area contributed by atoms with Gasteiger partial charge in [-0.1, -0.05) is 35.5 Å². The molecule has 134 valence electrons. The van der Waals surface area contributed by atoms with Crippen molar-refractivity contribution < 1.29 is 5.11 Å².